The van der Waals surface area contributed by atoms with Crippen molar-refractivity contribution in [2.45, 2.75) is 37.9 Å². The molecule has 1 aromatic carbocycles. The summed E-state index contributed by atoms with van der Waals surface area (Å²) in [7, 11) is 0. The molecule has 5 atom stereocenters. The van der Waals surface area contributed by atoms with E-state index in [1.807, 2.05) is 43.3 Å². The van der Waals surface area contributed by atoms with Crippen molar-refractivity contribution in [2.24, 2.45) is 11.8 Å². The van der Waals surface area contributed by atoms with Crippen molar-refractivity contribution in [2.75, 3.05) is 0 Å². The van der Waals surface area contributed by atoms with E-state index in [1.165, 1.54) is 0 Å². The summed E-state index contributed by atoms with van der Waals surface area (Å²) in [5.74, 6) is 5.41. The van der Waals surface area contributed by atoms with Crippen LogP contribution in [0.4, 0.5) is 0 Å². The normalized spacial score (nSPS) is 31.8. The van der Waals surface area contributed by atoms with Crippen molar-refractivity contribution in [3.8, 4) is 11.8 Å². The van der Waals surface area contributed by atoms with Crippen LogP contribution in [-0.2, 0) is 14.3 Å². The molecule has 0 spiro atoms. The van der Waals surface area contributed by atoms with Gasteiger partial charge in [-0.05, 0) is 43.5 Å². The van der Waals surface area contributed by atoms with Gasteiger partial charge in [0.15, 0.2) is 11.6 Å². The molecule has 26 heavy (non-hydrogen) atoms. The summed E-state index contributed by atoms with van der Waals surface area (Å²) in [6.07, 6.45) is 1.74. The summed E-state index contributed by atoms with van der Waals surface area (Å²) in [4.78, 5) is 27.9. The second-order valence-corrected chi connectivity index (χ2v) is 8.57. The fourth-order valence-electron chi connectivity index (χ4n) is 4.73. The molecule has 130 valence electrons. The Morgan fingerprint density at radius 3 is 2.31 bits per heavy atom. The van der Waals surface area contributed by atoms with Gasteiger partial charge >= 0.3 is 0 Å². The molecule has 0 radical (unpaired) electrons. The number of aryl methyl sites for hydroxylation is 1. The molecule has 2 saturated heterocycles. The number of Topliss-reactive ketones (excluding diaryl/α,β-unsaturated/α-hetero) is 2. The Labute approximate surface area is 156 Å². The van der Waals surface area contributed by atoms with Crippen LogP contribution in [0.3, 0.4) is 0 Å². The van der Waals surface area contributed by atoms with E-state index in [-0.39, 0.29) is 35.6 Å². The number of benzene rings is 1. The van der Waals surface area contributed by atoms with Crippen LogP contribution in [0.15, 0.2) is 36.4 Å². The van der Waals surface area contributed by atoms with Crippen molar-refractivity contribution in [3.05, 3.63) is 57.3 Å². The Morgan fingerprint density at radius 2 is 1.65 bits per heavy atom. The molecule has 1 aromatic heterocycles. The van der Waals surface area contributed by atoms with Crippen LogP contribution in [0.1, 0.15) is 39.6 Å². The Bertz CT molecular complexity index is 934. The van der Waals surface area contributed by atoms with Crippen molar-refractivity contribution in [1.82, 2.24) is 0 Å². The maximum Gasteiger partial charge on any atom is 0.154 e. The predicted molar refractivity (Wildman–Crippen MR) is 99.1 cm³/mol. The van der Waals surface area contributed by atoms with Crippen LogP contribution in [0.25, 0.3) is 0 Å². The summed E-state index contributed by atoms with van der Waals surface area (Å²) in [6, 6.07) is 11.8. The summed E-state index contributed by atoms with van der Waals surface area (Å²) in [5, 5.41) is 0. The average molecular weight is 362 g/mol. The monoisotopic (exact) mass is 362 g/mol. The van der Waals surface area contributed by atoms with Crippen molar-refractivity contribution >= 4 is 22.9 Å². The first-order chi connectivity index (χ1) is 12.6. The van der Waals surface area contributed by atoms with Crippen molar-refractivity contribution in [1.29, 1.82) is 0 Å². The van der Waals surface area contributed by atoms with E-state index < -0.39 is 5.92 Å². The molecular weight excluding hydrogens is 344 g/mol. The number of ketones is 2. The van der Waals surface area contributed by atoms with Crippen LogP contribution >= 0.6 is 11.3 Å². The van der Waals surface area contributed by atoms with Gasteiger partial charge in [0.25, 0.3) is 0 Å². The third-order valence-corrected chi connectivity index (χ3v) is 6.85. The van der Waals surface area contributed by atoms with Crippen LogP contribution in [0.2, 0.25) is 0 Å². The minimum atomic E-state index is -0.611. The minimum absolute atomic E-state index is 0.0391. The Kier molecular flexibility index (Phi) is 3.63. The maximum atomic E-state index is 13.0. The van der Waals surface area contributed by atoms with Crippen LogP contribution < -0.4 is 0 Å². The maximum absolute atomic E-state index is 13.0. The average Bonchev–Trinajstić information content (AvgIpc) is 3.39. The molecule has 2 aliphatic heterocycles. The SMILES string of the molecule is Cc1sc(C#Cc2ccccc2)cc1C1C(=O)[C@@H]2[C@H](C1=O)[C@@H]1CC[C@H]2O1. The van der Waals surface area contributed by atoms with E-state index in [9.17, 15) is 9.59 Å². The molecule has 2 aromatic rings. The number of rotatable bonds is 1. The lowest BCUT2D eigenvalue weighted by atomic mass is 9.81. The van der Waals surface area contributed by atoms with Crippen LogP contribution in [-0.4, -0.2) is 23.8 Å². The van der Waals surface area contributed by atoms with Crippen LogP contribution in [0.5, 0.6) is 0 Å². The number of fused-ring (bicyclic) bond motifs is 5. The third kappa shape index (κ3) is 2.31. The van der Waals surface area contributed by atoms with Gasteiger partial charge in [-0.25, -0.2) is 0 Å². The standard InChI is InChI=1S/C22H18O3S/c1-12-15(11-14(26-12)8-7-13-5-3-2-4-6-13)18-21(23)19-16-9-10-17(25-16)20(19)22(18)24/h2-6,11,16-20H,9-10H2,1H3/t16-,17+,18?,19+,20-. The number of ether oxygens (including phenoxy) is 1. The lowest BCUT2D eigenvalue weighted by molar-refractivity contribution is -0.127. The van der Waals surface area contributed by atoms with Gasteiger partial charge in [-0.1, -0.05) is 30.0 Å². The fraction of sp³-hybridized carbons (Fsp3) is 0.364. The van der Waals surface area contributed by atoms with Gasteiger partial charge in [0.2, 0.25) is 0 Å². The molecule has 0 amide bonds. The summed E-state index contributed by atoms with van der Waals surface area (Å²) in [5.41, 5.74) is 1.81. The van der Waals surface area contributed by atoms with Crippen molar-refractivity contribution < 1.29 is 14.3 Å². The molecule has 4 heteroatoms. The van der Waals surface area contributed by atoms with Gasteiger partial charge in [-0.3, -0.25) is 9.59 Å². The molecule has 3 aliphatic rings. The lowest BCUT2D eigenvalue weighted by Crippen LogP contribution is -2.29. The van der Waals surface area contributed by atoms with E-state index in [4.69, 9.17) is 4.74 Å². The third-order valence-electron chi connectivity index (χ3n) is 5.87. The van der Waals surface area contributed by atoms with E-state index in [1.54, 1.807) is 11.3 Å². The van der Waals surface area contributed by atoms with Gasteiger partial charge in [0, 0.05) is 10.4 Å². The number of hydrogen-bond donors (Lipinski definition) is 0. The molecule has 3 heterocycles. The zero-order valence-corrected chi connectivity index (χ0v) is 15.2. The number of hydrogen-bond acceptors (Lipinski definition) is 4. The molecule has 5 rings (SSSR count). The van der Waals surface area contributed by atoms with Crippen molar-refractivity contribution in [3.63, 3.8) is 0 Å². The summed E-state index contributed by atoms with van der Waals surface area (Å²) < 4.78 is 5.83. The molecular formula is C22H18O3S. The van der Waals surface area contributed by atoms with E-state index >= 15 is 0 Å². The zero-order valence-electron chi connectivity index (χ0n) is 14.4. The largest absolute Gasteiger partial charge is 0.373 e. The number of carbonyl (C=O) groups is 2. The van der Waals surface area contributed by atoms with Gasteiger partial charge in [0.05, 0.1) is 28.9 Å². The second-order valence-electron chi connectivity index (χ2n) is 7.32. The molecule has 1 saturated carbocycles. The highest BCUT2D eigenvalue weighted by Gasteiger charge is 2.63. The summed E-state index contributed by atoms with van der Waals surface area (Å²) >= 11 is 1.56. The number of thiophene rings is 1. The minimum Gasteiger partial charge on any atom is -0.373 e. The Hall–Kier alpha value is -2.22. The van der Waals surface area contributed by atoms with E-state index in [0.29, 0.717) is 0 Å². The highest BCUT2D eigenvalue weighted by atomic mass is 32.1. The molecule has 3 fully saturated rings. The number of carbonyl (C=O) groups excluding carboxylic acids is 2. The Balaban J connectivity index is 1.46. The first-order valence-corrected chi connectivity index (χ1v) is 9.85. The van der Waals surface area contributed by atoms with Crippen LogP contribution in [0, 0.1) is 30.6 Å². The molecule has 1 aliphatic carbocycles. The van der Waals surface area contributed by atoms with Gasteiger partial charge in [-0.15, -0.1) is 11.3 Å². The Morgan fingerprint density at radius 1 is 1.00 bits per heavy atom. The first-order valence-electron chi connectivity index (χ1n) is 9.04. The fourth-order valence-corrected chi connectivity index (χ4v) is 5.64. The molecule has 2 bridgehead atoms. The van der Waals surface area contributed by atoms with Gasteiger partial charge in [-0.2, -0.15) is 0 Å². The molecule has 3 nitrogen and oxygen atoms in total. The highest BCUT2D eigenvalue weighted by molar-refractivity contribution is 7.12. The predicted octanol–water partition coefficient (Wildman–Crippen LogP) is 3.49. The smallest absolute Gasteiger partial charge is 0.154 e. The quantitative estimate of drug-likeness (QED) is 0.576. The van der Waals surface area contributed by atoms with Gasteiger partial charge < -0.3 is 4.74 Å². The topological polar surface area (TPSA) is 43.4 Å². The first kappa shape index (κ1) is 16.0. The summed E-state index contributed by atoms with van der Waals surface area (Å²) in [6.45, 7) is 1.98. The highest BCUT2D eigenvalue weighted by Crippen LogP contribution is 2.52. The second kappa shape index (κ2) is 5.90. The van der Waals surface area contributed by atoms with E-state index in [0.717, 1.165) is 33.7 Å². The lowest BCUT2D eigenvalue weighted by Gasteiger charge is -2.16. The zero-order chi connectivity index (χ0) is 17.8. The van der Waals surface area contributed by atoms with E-state index in [2.05, 4.69) is 11.8 Å². The molecule has 1 unspecified atom stereocenters. The molecule has 0 N–H and O–H groups in total. The van der Waals surface area contributed by atoms with Gasteiger partial charge in [0.1, 0.15) is 5.92 Å².